The Morgan fingerprint density at radius 3 is 2.09 bits per heavy atom. The number of carboxylic acids is 2. The summed E-state index contributed by atoms with van der Waals surface area (Å²) in [6.07, 6.45) is -0.559. The first-order valence-corrected chi connectivity index (χ1v) is 10.3. The van der Waals surface area contributed by atoms with Crippen molar-refractivity contribution in [3.05, 3.63) is 29.8 Å². The van der Waals surface area contributed by atoms with Crippen LogP contribution >= 0.6 is 0 Å². The highest BCUT2D eigenvalue weighted by Crippen LogP contribution is 2.11. The summed E-state index contributed by atoms with van der Waals surface area (Å²) in [7, 11) is 0. The Kier molecular flexibility index (Phi) is 10.8. The summed E-state index contributed by atoms with van der Waals surface area (Å²) >= 11 is 0. The van der Waals surface area contributed by atoms with Crippen LogP contribution in [0.1, 0.15) is 32.3 Å². The molecule has 1 aromatic carbocycles. The van der Waals surface area contributed by atoms with E-state index in [0.29, 0.717) is 5.56 Å². The molecule has 0 aliphatic rings. The Balaban J connectivity index is 2.67. The Labute approximate surface area is 190 Å². The minimum atomic E-state index is -1.31. The molecule has 0 radical (unpaired) electrons. The van der Waals surface area contributed by atoms with Crippen LogP contribution in [0.25, 0.3) is 0 Å². The van der Waals surface area contributed by atoms with Crippen LogP contribution in [0.4, 0.5) is 0 Å². The van der Waals surface area contributed by atoms with Gasteiger partial charge in [-0.05, 0) is 36.5 Å². The molecule has 33 heavy (non-hydrogen) atoms. The predicted molar refractivity (Wildman–Crippen MR) is 116 cm³/mol. The molecule has 0 saturated carbocycles. The van der Waals surface area contributed by atoms with Gasteiger partial charge in [-0.3, -0.25) is 19.2 Å². The number of nitrogens with one attached hydrogen (secondary N) is 3. The minimum Gasteiger partial charge on any atom is -0.508 e. The highest BCUT2D eigenvalue weighted by atomic mass is 16.4. The van der Waals surface area contributed by atoms with Crippen molar-refractivity contribution in [3.63, 3.8) is 0 Å². The number of carbonyl (C=O) groups excluding carboxylic acids is 3. The zero-order valence-corrected chi connectivity index (χ0v) is 18.4. The van der Waals surface area contributed by atoms with Crippen LogP contribution < -0.4 is 21.7 Å². The van der Waals surface area contributed by atoms with E-state index in [4.69, 9.17) is 10.8 Å². The molecule has 3 unspecified atom stereocenters. The molecule has 1 rings (SSSR count). The van der Waals surface area contributed by atoms with Crippen molar-refractivity contribution in [2.24, 2.45) is 11.7 Å². The highest BCUT2D eigenvalue weighted by Gasteiger charge is 2.29. The van der Waals surface area contributed by atoms with Gasteiger partial charge in [-0.25, -0.2) is 4.79 Å². The number of aliphatic carboxylic acids is 2. The third kappa shape index (κ3) is 9.99. The van der Waals surface area contributed by atoms with Crippen molar-refractivity contribution < 1.29 is 39.3 Å². The average Bonchev–Trinajstić information content (AvgIpc) is 2.73. The van der Waals surface area contributed by atoms with Crippen molar-refractivity contribution in [2.45, 2.75) is 51.2 Å². The lowest BCUT2D eigenvalue weighted by Crippen LogP contribution is -2.54. The highest BCUT2D eigenvalue weighted by molar-refractivity contribution is 5.92. The molecule has 8 N–H and O–H groups in total. The molecule has 0 aliphatic heterocycles. The van der Waals surface area contributed by atoms with Gasteiger partial charge in [0.1, 0.15) is 17.8 Å². The smallest absolute Gasteiger partial charge is 0.326 e. The van der Waals surface area contributed by atoms with Gasteiger partial charge in [-0.2, -0.15) is 0 Å². The molecule has 3 atom stereocenters. The molecule has 3 amide bonds. The van der Waals surface area contributed by atoms with Crippen molar-refractivity contribution in [1.82, 2.24) is 16.0 Å². The molecule has 12 heteroatoms. The summed E-state index contributed by atoms with van der Waals surface area (Å²) in [5, 5.41) is 34.3. The first-order valence-electron chi connectivity index (χ1n) is 10.3. The number of benzene rings is 1. The fourth-order valence-electron chi connectivity index (χ4n) is 2.83. The van der Waals surface area contributed by atoms with Gasteiger partial charge in [0.2, 0.25) is 17.7 Å². The molecular weight excluding hydrogens is 436 g/mol. The molecule has 12 nitrogen and oxygen atoms in total. The van der Waals surface area contributed by atoms with E-state index >= 15 is 0 Å². The number of hydrogen-bond acceptors (Lipinski definition) is 7. The Bertz CT molecular complexity index is 856. The number of phenolic OH excluding ortho intramolecular Hbond substituents is 1. The van der Waals surface area contributed by atoms with Gasteiger partial charge >= 0.3 is 11.9 Å². The Morgan fingerprint density at radius 1 is 0.970 bits per heavy atom. The van der Waals surface area contributed by atoms with E-state index in [2.05, 4.69) is 16.0 Å². The maximum atomic E-state index is 12.5. The van der Waals surface area contributed by atoms with E-state index in [9.17, 15) is 34.2 Å². The van der Waals surface area contributed by atoms with Crippen LogP contribution in [0.15, 0.2) is 24.3 Å². The Morgan fingerprint density at radius 2 is 1.58 bits per heavy atom. The number of amides is 3. The van der Waals surface area contributed by atoms with Gasteiger partial charge in [0.15, 0.2) is 0 Å². The maximum Gasteiger partial charge on any atom is 0.326 e. The average molecular weight is 466 g/mol. The summed E-state index contributed by atoms with van der Waals surface area (Å²) in [5.74, 6) is -5.10. The van der Waals surface area contributed by atoms with Gasteiger partial charge in [0, 0.05) is 6.42 Å². The van der Waals surface area contributed by atoms with Crippen molar-refractivity contribution in [2.75, 3.05) is 6.54 Å². The van der Waals surface area contributed by atoms with Crippen LogP contribution in [-0.2, 0) is 30.4 Å². The summed E-state index contributed by atoms with van der Waals surface area (Å²) in [5.41, 5.74) is 6.52. The number of carbonyl (C=O) groups is 5. The second-order valence-electron chi connectivity index (χ2n) is 7.82. The van der Waals surface area contributed by atoms with Crippen LogP contribution in [0.5, 0.6) is 5.75 Å². The first-order chi connectivity index (χ1) is 15.4. The molecule has 0 aliphatic carbocycles. The quantitative estimate of drug-likeness (QED) is 0.189. The standard InChI is InChI=1S/C21H30N4O8/c1-11(2)18(21(32)33)25-20(31)15(7-8-17(28)29)24-16(27)10-23-19(30)14(22)9-12-3-5-13(26)6-4-12/h3-6,11,14-15,18,26H,7-10,22H2,1-2H3,(H,23,30)(H,24,27)(H,25,31)(H,28,29)(H,32,33). The van der Waals surface area contributed by atoms with E-state index < -0.39 is 66.7 Å². The molecule has 0 fully saturated rings. The summed E-state index contributed by atoms with van der Waals surface area (Å²) in [6, 6.07) is 2.59. The van der Waals surface area contributed by atoms with E-state index in [1.807, 2.05) is 0 Å². The van der Waals surface area contributed by atoms with Gasteiger partial charge < -0.3 is 37.0 Å². The predicted octanol–water partition coefficient (Wildman–Crippen LogP) is -1.05. The third-order valence-electron chi connectivity index (χ3n) is 4.68. The maximum absolute atomic E-state index is 12.5. The lowest BCUT2D eigenvalue weighted by atomic mass is 10.0. The number of hydrogen-bond donors (Lipinski definition) is 7. The molecule has 1 aromatic rings. The van der Waals surface area contributed by atoms with Gasteiger partial charge in [0.05, 0.1) is 12.6 Å². The number of nitrogens with two attached hydrogens (primary N) is 1. The van der Waals surface area contributed by atoms with E-state index in [0.717, 1.165) is 0 Å². The number of aromatic hydroxyl groups is 1. The van der Waals surface area contributed by atoms with E-state index in [-0.39, 0.29) is 18.6 Å². The SMILES string of the molecule is CC(C)C(NC(=O)C(CCC(=O)O)NC(=O)CNC(=O)C(N)Cc1ccc(O)cc1)C(=O)O. The van der Waals surface area contributed by atoms with Crippen molar-refractivity contribution in [1.29, 1.82) is 0 Å². The van der Waals surface area contributed by atoms with Crippen molar-refractivity contribution >= 4 is 29.7 Å². The summed E-state index contributed by atoms with van der Waals surface area (Å²) in [4.78, 5) is 59.1. The lowest BCUT2D eigenvalue weighted by molar-refractivity contribution is -0.144. The monoisotopic (exact) mass is 466 g/mol. The van der Waals surface area contributed by atoms with Crippen LogP contribution in [-0.4, -0.2) is 69.7 Å². The van der Waals surface area contributed by atoms with Crippen LogP contribution in [0, 0.1) is 5.92 Å². The fraction of sp³-hybridized carbons (Fsp3) is 0.476. The van der Waals surface area contributed by atoms with E-state index in [1.165, 1.54) is 12.1 Å². The molecule has 0 bridgehead atoms. The van der Waals surface area contributed by atoms with Crippen molar-refractivity contribution in [3.8, 4) is 5.75 Å². The molecule has 0 saturated heterocycles. The van der Waals surface area contributed by atoms with Gasteiger partial charge in [0.25, 0.3) is 0 Å². The molecular formula is C21H30N4O8. The zero-order valence-electron chi connectivity index (χ0n) is 18.4. The molecule has 182 valence electrons. The van der Waals surface area contributed by atoms with Gasteiger partial charge in [-0.1, -0.05) is 26.0 Å². The summed E-state index contributed by atoms with van der Waals surface area (Å²) < 4.78 is 0. The molecule has 0 aromatic heterocycles. The largest absolute Gasteiger partial charge is 0.508 e. The van der Waals surface area contributed by atoms with E-state index in [1.54, 1.807) is 26.0 Å². The third-order valence-corrected chi connectivity index (χ3v) is 4.68. The minimum absolute atomic E-state index is 0.0676. The number of rotatable bonds is 13. The second-order valence-corrected chi connectivity index (χ2v) is 7.82. The normalized spacial score (nSPS) is 13.5. The molecule has 0 spiro atoms. The first kappa shape index (κ1) is 27.4. The number of phenols is 1. The van der Waals surface area contributed by atoms with Crippen LogP contribution in [0.2, 0.25) is 0 Å². The second kappa shape index (κ2) is 13.0. The topological polar surface area (TPSA) is 208 Å². The fourth-order valence-corrected chi connectivity index (χ4v) is 2.83. The lowest BCUT2D eigenvalue weighted by Gasteiger charge is -2.23. The number of carboxylic acid groups (broad SMARTS) is 2. The summed E-state index contributed by atoms with van der Waals surface area (Å²) in [6.45, 7) is 2.65. The van der Waals surface area contributed by atoms with Crippen LogP contribution in [0.3, 0.4) is 0 Å². The Hall–Kier alpha value is -3.67. The zero-order chi connectivity index (χ0) is 25.1. The van der Waals surface area contributed by atoms with Gasteiger partial charge in [-0.15, -0.1) is 0 Å². The molecule has 0 heterocycles.